The van der Waals surface area contributed by atoms with Crippen molar-refractivity contribution in [3.63, 3.8) is 0 Å². The van der Waals surface area contributed by atoms with Gasteiger partial charge in [0.2, 0.25) is 0 Å². The highest BCUT2D eigenvalue weighted by Crippen LogP contribution is 2.30. The van der Waals surface area contributed by atoms with Gasteiger partial charge in [-0.2, -0.15) is 0 Å². The lowest BCUT2D eigenvalue weighted by Gasteiger charge is -2.24. The highest BCUT2D eigenvalue weighted by molar-refractivity contribution is 9.10. The molecule has 0 radical (unpaired) electrons. The molecule has 0 aromatic heterocycles. The maximum atomic E-state index is 10.7. The van der Waals surface area contributed by atoms with Crippen LogP contribution in [-0.4, -0.2) is 23.2 Å². The van der Waals surface area contributed by atoms with E-state index in [1.165, 1.54) is 25.7 Å². The van der Waals surface area contributed by atoms with Crippen molar-refractivity contribution in [1.82, 2.24) is 5.32 Å². The summed E-state index contributed by atoms with van der Waals surface area (Å²) < 4.78 is 0.135. The quantitative estimate of drug-likeness (QED) is 0.569. The second-order valence-electron chi connectivity index (χ2n) is 4.12. The van der Waals surface area contributed by atoms with Gasteiger partial charge in [0.15, 0.2) is 0 Å². The summed E-state index contributed by atoms with van der Waals surface area (Å²) in [5.74, 6) is 0. The summed E-state index contributed by atoms with van der Waals surface area (Å²) in [4.78, 5) is 10.7. The Morgan fingerprint density at radius 2 is 2.23 bits per heavy atom. The van der Waals surface area contributed by atoms with E-state index in [0.717, 1.165) is 19.3 Å². The lowest BCUT2D eigenvalue weighted by atomic mass is 9.97. The number of hydrogen-bond donors (Lipinski definition) is 1. The van der Waals surface area contributed by atoms with Crippen LogP contribution < -0.4 is 5.32 Å². The normalized spacial score (nSPS) is 37.2. The van der Waals surface area contributed by atoms with Gasteiger partial charge in [0, 0.05) is 4.32 Å². The van der Waals surface area contributed by atoms with Gasteiger partial charge < -0.3 is 10.1 Å². The topological polar surface area (TPSA) is 29.1 Å². The lowest BCUT2D eigenvalue weighted by Crippen LogP contribution is -2.36. The average Bonchev–Trinajstić information content (AvgIpc) is 2.15. The van der Waals surface area contributed by atoms with E-state index < -0.39 is 0 Å². The highest BCUT2D eigenvalue weighted by atomic mass is 79.9. The molecule has 0 bridgehead atoms. The Balaban J connectivity index is 2.52. The van der Waals surface area contributed by atoms with Crippen molar-refractivity contribution < 1.29 is 4.79 Å². The van der Waals surface area contributed by atoms with E-state index >= 15 is 0 Å². The van der Waals surface area contributed by atoms with Crippen LogP contribution in [0.4, 0.5) is 0 Å². The zero-order valence-corrected chi connectivity index (χ0v) is 9.77. The Bertz CT molecular complexity index is 170. The Morgan fingerprint density at radius 1 is 1.46 bits per heavy atom. The van der Waals surface area contributed by atoms with Crippen molar-refractivity contribution in [1.29, 1.82) is 0 Å². The minimum Gasteiger partial charge on any atom is -0.308 e. The van der Waals surface area contributed by atoms with Gasteiger partial charge in [-0.1, -0.05) is 28.8 Å². The molecule has 2 atom stereocenters. The Kier molecular flexibility index (Phi) is 4.39. The molecule has 0 aliphatic carbocycles. The molecule has 1 saturated heterocycles. The molecule has 1 aliphatic heterocycles. The Hall–Kier alpha value is 0.110. The number of rotatable bonds is 1. The second kappa shape index (κ2) is 5.11. The highest BCUT2D eigenvalue weighted by Gasteiger charge is 2.25. The minimum atomic E-state index is 0.0301. The maximum absolute atomic E-state index is 10.7. The van der Waals surface area contributed by atoms with Crippen LogP contribution in [0.3, 0.4) is 0 Å². The molecule has 2 nitrogen and oxygen atoms in total. The third-order valence-electron chi connectivity index (χ3n) is 2.59. The van der Waals surface area contributed by atoms with E-state index in [9.17, 15) is 4.79 Å². The fourth-order valence-corrected chi connectivity index (χ4v) is 2.44. The third kappa shape index (κ3) is 4.23. The average molecular weight is 248 g/mol. The van der Waals surface area contributed by atoms with E-state index in [-0.39, 0.29) is 10.4 Å². The van der Waals surface area contributed by atoms with Gasteiger partial charge in [-0.05, 0) is 32.7 Å². The molecule has 13 heavy (non-hydrogen) atoms. The summed E-state index contributed by atoms with van der Waals surface area (Å²) in [6.07, 6.45) is 6.81. The van der Waals surface area contributed by atoms with Gasteiger partial charge >= 0.3 is 0 Å². The molecule has 0 amide bonds. The number of alkyl halides is 1. The number of nitrogens with one attached hydrogen (secondary N) is 1. The lowest BCUT2D eigenvalue weighted by molar-refractivity contribution is -0.109. The second-order valence-corrected chi connectivity index (χ2v) is 6.04. The van der Waals surface area contributed by atoms with E-state index in [1.54, 1.807) is 0 Å². The summed E-state index contributed by atoms with van der Waals surface area (Å²) in [6.45, 7) is 3.16. The standard InChI is InChI=1S/C10H18BrNO/c1-10(11)5-3-2-4-6-12-9(7-10)8-13/h8-9,12H,2-7H2,1H3. The summed E-state index contributed by atoms with van der Waals surface area (Å²) in [7, 11) is 0. The third-order valence-corrected chi connectivity index (χ3v) is 3.31. The molecule has 0 aromatic rings. The SMILES string of the molecule is CC1(Br)CCCCCNC(C=O)C1. The largest absolute Gasteiger partial charge is 0.308 e. The molecular formula is C10H18BrNO. The molecule has 76 valence electrons. The molecule has 0 saturated carbocycles. The minimum absolute atomic E-state index is 0.0301. The van der Waals surface area contributed by atoms with Crippen LogP contribution in [0, 0.1) is 0 Å². The van der Waals surface area contributed by atoms with Crippen molar-refractivity contribution in [2.45, 2.75) is 49.4 Å². The molecule has 1 heterocycles. The molecule has 1 fully saturated rings. The van der Waals surface area contributed by atoms with Crippen LogP contribution in [0.25, 0.3) is 0 Å². The van der Waals surface area contributed by atoms with Crippen LogP contribution in [0.1, 0.15) is 39.0 Å². The number of hydrogen-bond acceptors (Lipinski definition) is 2. The van der Waals surface area contributed by atoms with Gasteiger partial charge in [-0.15, -0.1) is 0 Å². The fourth-order valence-electron chi connectivity index (χ4n) is 1.81. The van der Waals surface area contributed by atoms with E-state index in [2.05, 4.69) is 28.2 Å². The van der Waals surface area contributed by atoms with Crippen LogP contribution in [0.2, 0.25) is 0 Å². The molecule has 1 N–H and O–H groups in total. The first-order valence-corrected chi connectivity index (χ1v) is 5.81. The number of halogens is 1. The number of carbonyl (C=O) groups excluding carboxylic acids is 1. The van der Waals surface area contributed by atoms with E-state index in [4.69, 9.17) is 0 Å². The van der Waals surface area contributed by atoms with Crippen molar-refractivity contribution in [3.8, 4) is 0 Å². The number of aldehydes is 1. The summed E-state index contributed by atoms with van der Waals surface area (Å²) in [5.41, 5.74) is 0. The summed E-state index contributed by atoms with van der Waals surface area (Å²) >= 11 is 3.69. The monoisotopic (exact) mass is 247 g/mol. The van der Waals surface area contributed by atoms with E-state index in [0.29, 0.717) is 0 Å². The zero-order chi connectivity index (χ0) is 9.73. The first kappa shape index (κ1) is 11.2. The zero-order valence-electron chi connectivity index (χ0n) is 8.18. The molecule has 1 rings (SSSR count). The Labute approximate surface area is 88.6 Å². The summed E-state index contributed by atoms with van der Waals surface area (Å²) in [6, 6.07) is 0.0301. The van der Waals surface area contributed by atoms with Gasteiger partial charge in [-0.25, -0.2) is 0 Å². The number of carbonyl (C=O) groups is 1. The fraction of sp³-hybridized carbons (Fsp3) is 0.900. The molecule has 1 aliphatic rings. The van der Waals surface area contributed by atoms with Crippen molar-refractivity contribution in [2.75, 3.05) is 6.54 Å². The summed E-state index contributed by atoms with van der Waals surface area (Å²) in [5, 5.41) is 3.27. The van der Waals surface area contributed by atoms with Crippen LogP contribution >= 0.6 is 15.9 Å². The molecular weight excluding hydrogens is 230 g/mol. The van der Waals surface area contributed by atoms with Crippen molar-refractivity contribution in [3.05, 3.63) is 0 Å². The smallest absolute Gasteiger partial charge is 0.136 e. The maximum Gasteiger partial charge on any atom is 0.136 e. The predicted octanol–water partition coefficient (Wildman–Crippen LogP) is 2.26. The van der Waals surface area contributed by atoms with Gasteiger partial charge in [0.05, 0.1) is 6.04 Å². The predicted molar refractivity (Wildman–Crippen MR) is 58.3 cm³/mol. The molecule has 0 spiro atoms. The first-order chi connectivity index (χ1) is 6.14. The van der Waals surface area contributed by atoms with Crippen LogP contribution in [0.15, 0.2) is 0 Å². The molecule has 2 unspecified atom stereocenters. The van der Waals surface area contributed by atoms with Crippen LogP contribution in [-0.2, 0) is 4.79 Å². The van der Waals surface area contributed by atoms with E-state index in [1.807, 2.05) is 0 Å². The first-order valence-electron chi connectivity index (χ1n) is 5.02. The van der Waals surface area contributed by atoms with Crippen molar-refractivity contribution in [2.24, 2.45) is 0 Å². The van der Waals surface area contributed by atoms with Gasteiger partial charge in [0.1, 0.15) is 6.29 Å². The molecule has 0 aromatic carbocycles. The molecule has 3 heteroatoms. The van der Waals surface area contributed by atoms with Crippen molar-refractivity contribution >= 4 is 22.2 Å². The Morgan fingerprint density at radius 3 is 2.92 bits per heavy atom. The van der Waals surface area contributed by atoms with Gasteiger partial charge in [-0.3, -0.25) is 0 Å². The van der Waals surface area contributed by atoms with Gasteiger partial charge in [0.25, 0.3) is 0 Å². The van der Waals surface area contributed by atoms with Crippen LogP contribution in [0.5, 0.6) is 0 Å².